The van der Waals surface area contributed by atoms with Crippen molar-refractivity contribution in [3.63, 3.8) is 0 Å². The lowest BCUT2D eigenvalue weighted by Crippen LogP contribution is -2.34. The van der Waals surface area contributed by atoms with Crippen molar-refractivity contribution in [2.24, 2.45) is 11.8 Å². The van der Waals surface area contributed by atoms with Crippen molar-refractivity contribution in [1.82, 2.24) is 10.2 Å². The van der Waals surface area contributed by atoms with E-state index in [0.717, 1.165) is 17.9 Å². The standard InChI is InChI=1S/C13H26N2.C2H6/c1-3-11(2)15-9-6-13(10-15)12-4-7-14-8-5-12;1-2/h11-14H,3-10H2,1-2H3;1-2H3. The molecule has 2 heteroatoms. The van der Waals surface area contributed by atoms with Crippen LogP contribution >= 0.6 is 0 Å². The highest BCUT2D eigenvalue weighted by atomic mass is 15.2. The van der Waals surface area contributed by atoms with E-state index in [2.05, 4.69) is 24.1 Å². The van der Waals surface area contributed by atoms with Gasteiger partial charge in [-0.3, -0.25) is 0 Å². The van der Waals surface area contributed by atoms with Crippen LogP contribution in [0.15, 0.2) is 0 Å². The van der Waals surface area contributed by atoms with Gasteiger partial charge in [-0.05, 0) is 64.1 Å². The molecule has 0 amide bonds. The number of piperidine rings is 1. The number of hydrogen-bond donors (Lipinski definition) is 1. The summed E-state index contributed by atoms with van der Waals surface area (Å²) in [5.74, 6) is 2.02. The summed E-state index contributed by atoms with van der Waals surface area (Å²) in [5, 5.41) is 3.47. The largest absolute Gasteiger partial charge is 0.317 e. The molecule has 0 aromatic rings. The fourth-order valence-electron chi connectivity index (χ4n) is 3.17. The van der Waals surface area contributed by atoms with Crippen molar-refractivity contribution in [3.05, 3.63) is 0 Å². The third-order valence-corrected chi connectivity index (χ3v) is 4.52. The van der Waals surface area contributed by atoms with E-state index in [-0.39, 0.29) is 0 Å². The molecule has 2 unspecified atom stereocenters. The van der Waals surface area contributed by atoms with Gasteiger partial charge in [0.15, 0.2) is 0 Å². The molecule has 2 heterocycles. The molecule has 0 spiro atoms. The zero-order valence-electron chi connectivity index (χ0n) is 12.3. The molecule has 0 aromatic heterocycles. The molecule has 2 rings (SSSR count). The molecule has 102 valence electrons. The molecular weight excluding hydrogens is 208 g/mol. The predicted octanol–water partition coefficient (Wildman–Crippen LogP) is 3.13. The first-order chi connectivity index (χ1) is 8.31. The second kappa shape index (κ2) is 8.10. The summed E-state index contributed by atoms with van der Waals surface area (Å²) in [5.41, 5.74) is 0. The highest BCUT2D eigenvalue weighted by Gasteiger charge is 2.31. The van der Waals surface area contributed by atoms with Gasteiger partial charge in [-0.25, -0.2) is 0 Å². The lowest BCUT2D eigenvalue weighted by atomic mass is 9.84. The maximum Gasteiger partial charge on any atom is 0.00644 e. The minimum Gasteiger partial charge on any atom is -0.317 e. The SMILES string of the molecule is CC.CCC(C)N1CCC(C2CCNCC2)C1. The Bertz CT molecular complexity index is 187. The van der Waals surface area contributed by atoms with Crippen LogP contribution in [0.25, 0.3) is 0 Å². The van der Waals surface area contributed by atoms with E-state index >= 15 is 0 Å². The molecule has 0 aromatic carbocycles. The topological polar surface area (TPSA) is 15.3 Å². The molecule has 2 atom stereocenters. The Balaban J connectivity index is 0.000000686. The van der Waals surface area contributed by atoms with Crippen molar-refractivity contribution in [3.8, 4) is 0 Å². The normalized spacial score (nSPS) is 28.6. The number of nitrogens with zero attached hydrogens (tertiary/aromatic N) is 1. The average molecular weight is 240 g/mol. The maximum atomic E-state index is 3.47. The molecule has 17 heavy (non-hydrogen) atoms. The number of likely N-dealkylation sites (tertiary alicyclic amines) is 1. The molecule has 2 fully saturated rings. The zero-order chi connectivity index (χ0) is 12.7. The molecular formula is C15H32N2. The van der Waals surface area contributed by atoms with Crippen molar-refractivity contribution < 1.29 is 0 Å². The van der Waals surface area contributed by atoms with Crippen LogP contribution in [0.2, 0.25) is 0 Å². The van der Waals surface area contributed by atoms with Gasteiger partial charge in [0.2, 0.25) is 0 Å². The van der Waals surface area contributed by atoms with Gasteiger partial charge >= 0.3 is 0 Å². The van der Waals surface area contributed by atoms with Crippen molar-refractivity contribution in [2.75, 3.05) is 26.2 Å². The van der Waals surface area contributed by atoms with Crippen LogP contribution in [0.3, 0.4) is 0 Å². The Morgan fingerprint density at radius 3 is 2.35 bits per heavy atom. The lowest BCUT2D eigenvalue weighted by Gasteiger charge is -2.29. The first-order valence-electron chi connectivity index (χ1n) is 7.76. The molecule has 0 saturated carbocycles. The quantitative estimate of drug-likeness (QED) is 0.815. The van der Waals surface area contributed by atoms with Crippen LogP contribution in [-0.4, -0.2) is 37.1 Å². The van der Waals surface area contributed by atoms with Crippen molar-refractivity contribution in [1.29, 1.82) is 0 Å². The van der Waals surface area contributed by atoms with Crippen LogP contribution in [0.1, 0.15) is 53.4 Å². The van der Waals surface area contributed by atoms with Gasteiger partial charge in [-0.1, -0.05) is 20.8 Å². The van der Waals surface area contributed by atoms with E-state index in [1.165, 1.54) is 51.9 Å². The summed E-state index contributed by atoms with van der Waals surface area (Å²) in [6.45, 7) is 13.9. The Morgan fingerprint density at radius 2 is 1.76 bits per heavy atom. The van der Waals surface area contributed by atoms with Gasteiger partial charge in [0.1, 0.15) is 0 Å². The third-order valence-electron chi connectivity index (χ3n) is 4.52. The number of hydrogen-bond acceptors (Lipinski definition) is 2. The van der Waals surface area contributed by atoms with Crippen LogP contribution in [0, 0.1) is 11.8 Å². The predicted molar refractivity (Wildman–Crippen MR) is 76.4 cm³/mol. The molecule has 0 bridgehead atoms. The van der Waals surface area contributed by atoms with E-state index in [4.69, 9.17) is 0 Å². The molecule has 0 aliphatic carbocycles. The highest BCUT2D eigenvalue weighted by molar-refractivity contribution is 4.85. The maximum absolute atomic E-state index is 3.47. The molecule has 2 aliphatic heterocycles. The van der Waals surface area contributed by atoms with Crippen LogP contribution in [-0.2, 0) is 0 Å². The van der Waals surface area contributed by atoms with E-state index in [1.807, 2.05) is 13.8 Å². The zero-order valence-corrected chi connectivity index (χ0v) is 12.3. The Labute approximate surface area is 108 Å². The summed E-state index contributed by atoms with van der Waals surface area (Å²) in [7, 11) is 0. The first-order valence-corrected chi connectivity index (χ1v) is 7.76. The second-order valence-electron chi connectivity index (χ2n) is 5.39. The van der Waals surface area contributed by atoms with Gasteiger partial charge in [0.05, 0.1) is 0 Å². The summed E-state index contributed by atoms with van der Waals surface area (Å²) < 4.78 is 0. The number of rotatable bonds is 3. The second-order valence-corrected chi connectivity index (χ2v) is 5.39. The van der Waals surface area contributed by atoms with Gasteiger partial charge in [0.25, 0.3) is 0 Å². The molecule has 1 N–H and O–H groups in total. The van der Waals surface area contributed by atoms with E-state index in [1.54, 1.807) is 0 Å². The van der Waals surface area contributed by atoms with Crippen molar-refractivity contribution in [2.45, 2.75) is 59.4 Å². The summed E-state index contributed by atoms with van der Waals surface area (Å²) >= 11 is 0. The fourth-order valence-corrected chi connectivity index (χ4v) is 3.17. The summed E-state index contributed by atoms with van der Waals surface area (Å²) in [6, 6.07) is 0.803. The van der Waals surface area contributed by atoms with E-state index < -0.39 is 0 Å². The summed E-state index contributed by atoms with van der Waals surface area (Å²) in [6.07, 6.45) is 5.59. The molecule has 2 saturated heterocycles. The van der Waals surface area contributed by atoms with Crippen LogP contribution < -0.4 is 5.32 Å². The monoisotopic (exact) mass is 240 g/mol. The smallest absolute Gasteiger partial charge is 0.00644 e. The Kier molecular flexibility index (Phi) is 7.14. The average Bonchev–Trinajstić information content (AvgIpc) is 2.91. The number of nitrogens with one attached hydrogen (secondary N) is 1. The summed E-state index contributed by atoms with van der Waals surface area (Å²) in [4.78, 5) is 2.70. The molecule has 2 aliphatic rings. The van der Waals surface area contributed by atoms with Gasteiger partial charge in [-0.2, -0.15) is 0 Å². The lowest BCUT2D eigenvalue weighted by molar-refractivity contribution is 0.211. The van der Waals surface area contributed by atoms with Crippen LogP contribution in [0.5, 0.6) is 0 Å². The molecule has 2 nitrogen and oxygen atoms in total. The molecule has 0 radical (unpaired) electrons. The van der Waals surface area contributed by atoms with Gasteiger partial charge in [0, 0.05) is 12.6 Å². The van der Waals surface area contributed by atoms with E-state index in [0.29, 0.717) is 0 Å². The van der Waals surface area contributed by atoms with Crippen LogP contribution in [0.4, 0.5) is 0 Å². The minimum absolute atomic E-state index is 0.803. The highest BCUT2D eigenvalue weighted by Crippen LogP contribution is 2.31. The fraction of sp³-hybridized carbons (Fsp3) is 1.00. The first kappa shape index (κ1) is 15.0. The van der Waals surface area contributed by atoms with Crippen molar-refractivity contribution >= 4 is 0 Å². The third kappa shape index (κ3) is 4.26. The Morgan fingerprint density at radius 1 is 1.12 bits per heavy atom. The van der Waals surface area contributed by atoms with E-state index in [9.17, 15) is 0 Å². The van der Waals surface area contributed by atoms with Gasteiger partial charge in [-0.15, -0.1) is 0 Å². The van der Waals surface area contributed by atoms with Gasteiger partial charge < -0.3 is 10.2 Å². The Hall–Kier alpha value is -0.0800. The minimum atomic E-state index is 0.803.